The van der Waals surface area contributed by atoms with Crippen LogP contribution in [0.3, 0.4) is 0 Å². The Labute approximate surface area is 157 Å². The first-order chi connectivity index (χ1) is 12.1. The first kappa shape index (κ1) is 24.2. The highest BCUT2D eigenvalue weighted by Gasteiger charge is 2.28. The predicted molar refractivity (Wildman–Crippen MR) is 98.8 cm³/mol. The van der Waals surface area contributed by atoms with E-state index in [1.54, 1.807) is 0 Å². The van der Waals surface area contributed by atoms with Crippen molar-refractivity contribution < 1.29 is 29.4 Å². The van der Waals surface area contributed by atoms with Crippen LogP contribution >= 0.6 is 11.8 Å². The zero-order valence-electron chi connectivity index (χ0n) is 15.4. The lowest BCUT2D eigenvalue weighted by Crippen LogP contribution is -2.54. The van der Waals surface area contributed by atoms with Crippen molar-refractivity contribution in [3.63, 3.8) is 0 Å². The topological polar surface area (TPSA) is 159 Å². The number of carbonyl (C=O) groups excluding carboxylic acids is 2. The van der Waals surface area contributed by atoms with Gasteiger partial charge in [0.2, 0.25) is 11.8 Å². The summed E-state index contributed by atoms with van der Waals surface area (Å²) in [6.45, 7) is 3.84. The number of aliphatic carboxylic acids is 2. The third kappa shape index (κ3) is 10.2. The number of hydrogen-bond donors (Lipinski definition) is 5. The number of amides is 2. The molecule has 0 fully saturated rings. The van der Waals surface area contributed by atoms with Crippen molar-refractivity contribution in [3.05, 3.63) is 0 Å². The number of rotatable bonds is 13. The van der Waals surface area contributed by atoms with Crippen molar-refractivity contribution in [1.82, 2.24) is 10.6 Å². The first-order valence-corrected chi connectivity index (χ1v) is 9.77. The average molecular weight is 391 g/mol. The number of carboxylic acid groups (broad SMARTS) is 2. The lowest BCUT2D eigenvalue weighted by atomic mass is 10.0. The second-order valence-electron chi connectivity index (χ2n) is 6.41. The van der Waals surface area contributed by atoms with Crippen molar-refractivity contribution >= 4 is 35.5 Å². The van der Waals surface area contributed by atoms with Crippen LogP contribution in [-0.4, -0.2) is 64.1 Å². The molecule has 0 unspecified atom stereocenters. The number of nitrogens with one attached hydrogen (secondary N) is 2. The van der Waals surface area contributed by atoms with Crippen LogP contribution in [0.1, 0.15) is 39.5 Å². The Morgan fingerprint density at radius 1 is 1.00 bits per heavy atom. The molecule has 26 heavy (non-hydrogen) atoms. The van der Waals surface area contributed by atoms with E-state index in [9.17, 15) is 19.2 Å². The fraction of sp³-hybridized carbons (Fsp3) is 0.750. The van der Waals surface area contributed by atoms with Gasteiger partial charge in [0.15, 0.2) is 0 Å². The molecule has 0 aliphatic rings. The standard InChI is InChI=1S/C16H29N3O6S/c1-9(2)8-10(17)14(22)18-11(6-7-26-3)15(23)19-12(16(24)25)4-5-13(20)21/h9-12H,4-8,17H2,1-3H3,(H,18,22)(H,19,23)(H,20,21)(H,24,25)/t10-,11-,12-/m0/s1. The van der Waals surface area contributed by atoms with Crippen molar-refractivity contribution in [2.75, 3.05) is 12.0 Å². The van der Waals surface area contributed by atoms with Crippen LogP contribution in [0.25, 0.3) is 0 Å². The molecule has 6 N–H and O–H groups in total. The molecule has 0 aliphatic heterocycles. The molecule has 0 saturated carbocycles. The molecule has 2 amide bonds. The molecule has 0 aromatic heterocycles. The summed E-state index contributed by atoms with van der Waals surface area (Å²) in [7, 11) is 0. The van der Waals surface area contributed by atoms with Gasteiger partial charge < -0.3 is 26.6 Å². The Morgan fingerprint density at radius 2 is 1.58 bits per heavy atom. The minimum Gasteiger partial charge on any atom is -0.481 e. The third-order valence-corrected chi connectivity index (χ3v) is 4.21. The molecule has 10 heteroatoms. The zero-order chi connectivity index (χ0) is 20.3. The average Bonchev–Trinajstić information content (AvgIpc) is 2.53. The Hall–Kier alpha value is -1.81. The molecule has 0 aromatic rings. The number of nitrogens with two attached hydrogens (primary N) is 1. The minimum absolute atomic E-state index is 0.210. The Kier molecular flexibility index (Phi) is 11.7. The maximum atomic E-state index is 12.4. The van der Waals surface area contributed by atoms with Gasteiger partial charge in [-0.3, -0.25) is 14.4 Å². The highest BCUT2D eigenvalue weighted by Crippen LogP contribution is 2.07. The normalized spacial score (nSPS) is 14.3. The van der Waals surface area contributed by atoms with E-state index in [2.05, 4.69) is 10.6 Å². The van der Waals surface area contributed by atoms with Crippen LogP contribution in [-0.2, 0) is 19.2 Å². The van der Waals surface area contributed by atoms with Gasteiger partial charge >= 0.3 is 11.9 Å². The van der Waals surface area contributed by atoms with E-state index in [4.69, 9.17) is 15.9 Å². The van der Waals surface area contributed by atoms with Gasteiger partial charge in [0, 0.05) is 6.42 Å². The molecule has 3 atom stereocenters. The lowest BCUT2D eigenvalue weighted by Gasteiger charge is -2.23. The number of carboxylic acids is 2. The van der Waals surface area contributed by atoms with Gasteiger partial charge in [-0.25, -0.2) is 4.79 Å². The minimum atomic E-state index is -1.34. The van der Waals surface area contributed by atoms with Crippen molar-refractivity contribution in [1.29, 1.82) is 0 Å². The molecule has 0 heterocycles. The van der Waals surface area contributed by atoms with Crippen LogP contribution < -0.4 is 16.4 Å². The van der Waals surface area contributed by atoms with Crippen LogP contribution in [0.2, 0.25) is 0 Å². The molecule has 0 saturated heterocycles. The molecule has 0 spiro atoms. The molecule has 0 radical (unpaired) electrons. The van der Waals surface area contributed by atoms with Crippen LogP contribution in [0.4, 0.5) is 0 Å². The highest BCUT2D eigenvalue weighted by molar-refractivity contribution is 7.98. The van der Waals surface area contributed by atoms with Crippen LogP contribution in [0.5, 0.6) is 0 Å². The van der Waals surface area contributed by atoms with Crippen LogP contribution in [0, 0.1) is 5.92 Å². The maximum Gasteiger partial charge on any atom is 0.326 e. The van der Waals surface area contributed by atoms with Crippen molar-refractivity contribution in [3.8, 4) is 0 Å². The van der Waals surface area contributed by atoms with E-state index in [1.807, 2.05) is 20.1 Å². The molecule has 150 valence electrons. The third-order valence-electron chi connectivity index (χ3n) is 3.57. The number of hydrogen-bond acceptors (Lipinski definition) is 6. The van der Waals surface area contributed by atoms with E-state index < -0.39 is 48.3 Å². The quantitative estimate of drug-likeness (QED) is 0.294. The van der Waals surface area contributed by atoms with Crippen molar-refractivity contribution in [2.45, 2.75) is 57.7 Å². The van der Waals surface area contributed by atoms with E-state index in [0.717, 1.165) is 0 Å². The Balaban J connectivity index is 4.96. The van der Waals surface area contributed by atoms with E-state index in [-0.39, 0.29) is 12.3 Å². The fourth-order valence-corrected chi connectivity index (χ4v) is 2.67. The van der Waals surface area contributed by atoms with Gasteiger partial charge in [-0.15, -0.1) is 0 Å². The molecule has 0 bridgehead atoms. The van der Waals surface area contributed by atoms with Gasteiger partial charge in [0.25, 0.3) is 0 Å². The maximum absolute atomic E-state index is 12.4. The summed E-state index contributed by atoms with van der Waals surface area (Å²) in [5.41, 5.74) is 5.82. The second kappa shape index (κ2) is 12.5. The number of carbonyl (C=O) groups is 4. The van der Waals surface area contributed by atoms with Gasteiger partial charge in [-0.1, -0.05) is 13.8 Å². The predicted octanol–water partition coefficient (Wildman–Crippen LogP) is 0.0319. The zero-order valence-corrected chi connectivity index (χ0v) is 16.2. The van der Waals surface area contributed by atoms with E-state index in [1.165, 1.54) is 11.8 Å². The Morgan fingerprint density at radius 3 is 2.04 bits per heavy atom. The summed E-state index contributed by atoms with van der Waals surface area (Å²) in [4.78, 5) is 46.4. The largest absolute Gasteiger partial charge is 0.481 e. The molecule has 0 rings (SSSR count). The smallest absolute Gasteiger partial charge is 0.326 e. The monoisotopic (exact) mass is 391 g/mol. The van der Waals surface area contributed by atoms with Gasteiger partial charge in [-0.2, -0.15) is 11.8 Å². The summed E-state index contributed by atoms with van der Waals surface area (Å²) in [5.74, 6) is -2.84. The molecule has 0 aliphatic carbocycles. The summed E-state index contributed by atoms with van der Waals surface area (Å²) in [6.07, 6.45) is 1.97. The van der Waals surface area contributed by atoms with Crippen LogP contribution in [0.15, 0.2) is 0 Å². The molecule has 9 nitrogen and oxygen atoms in total. The van der Waals surface area contributed by atoms with E-state index >= 15 is 0 Å². The van der Waals surface area contributed by atoms with Crippen molar-refractivity contribution in [2.24, 2.45) is 11.7 Å². The van der Waals surface area contributed by atoms with Gasteiger partial charge in [0.1, 0.15) is 12.1 Å². The summed E-state index contributed by atoms with van der Waals surface area (Å²) in [5, 5.41) is 22.7. The SMILES string of the molecule is CSCC[C@H](NC(=O)[C@@H](N)CC(C)C)C(=O)N[C@@H](CCC(=O)O)C(=O)O. The summed E-state index contributed by atoms with van der Waals surface area (Å²) in [6, 6.07) is -3.03. The highest BCUT2D eigenvalue weighted by atomic mass is 32.2. The fourth-order valence-electron chi connectivity index (χ4n) is 2.20. The molecular formula is C16H29N3O6S. The van der Waals surface area contributed by atoms with Gasteiger partial charge in [-0.05, 0) is 37.2 Å². The first-order valence-electron chi connectivity index (χ1n) is 8.38. The lowest BCUT2D eigenvalue weighted by molar-refractivity contribution is -0.143. The second-order valence-corrected chi connectivity index (χ2v) is 7.40. The summed E-state index contributed by atoms with van der Waals surface area (Å²) >= 11 is 1.48. The van der Waals surface area contributed by atoms with E-state index in [0.29, 0.717) is 18.6 Å². The molecule has 0 aromatic carbocycles. The number of thioether (sulfide) groups is 1. The molecular weight excluding hydrogens is 362 g/mol. The Bertz CT molecular complexity index is 500. The van der Waals surface area contributed by atoms with Gasteiger partial charge in [0.05, 0.1) is 6.04 Å². The summed E-state index contributed by atoms with van der Waals surface area (Å²) < 4.78 is 0.